The van der Waals surface area contributed by atoms with Crippen molar-refractivity contribution in [2.45, 2.75) is 43.6 Å². The molecular formula is C17H26N2O4S. The zero-order valence-electron chi connectivity index (χ0n) is 14.3. The predicted octanol–water partition coefficient (Wildman–Crippen LogP) is 2.59. The number of carbonyl (C=O) groups excluding carboxylic acids is 1. The molecule has 1 N–H and O–H groups in total. The highest BCUT2D eigenvalue weighted by Gasteiger charge is 2.32. The van der Waals surface area contributed by atoms with Crippen LogP contribution in [0.4, 0.5) is 10.5 Å². The van der Waals surface area contributed by atoms with Gasteiger partial charge in [0.1, 0.15) is 6.10 Å². The zero-order valence-corrected chi connectivity index (χ0v) is 15.1. The molecule has 2 rings (SSSR count). The highest BCUT2D eigenvalue weighted by Crippen LogP contribution is 2.23. The summed E-state index contributed by atoms with van der Waals surface area (Å²) in [4.78, 5) is 13.8. The minimum absolute atomic E-state index is 0.182. The van der Waals surface area contributed by atoms with Crippen molar-refractivity contribution in [1.29, 1.82) is 0 Å². The van der Waals surface area contributed by atoms with Crippen LogP contribution in [0.2, 0.25) is 0 Å². The van der Waals surface area contributed by atoms with E-state index in [2.05, 4.69) is 12.2 Å². The van der Waals surface area contributed by atoms with Crippen molar-refractivity contribution in [2.75, 3.05) is 30.8 Å². The molecule has 0 aliphatic carbocycles. The highest BCUT2D eigenvalue weighted by atomic mass is 32.2. The van der Waals surface area contributed by atoms with Crippen molar-refractivity contribution < 1.29 is 17.9 Å². The van der Waals surface area contributed by atoms with Crippen molar-refractivity contribution in [3.05, 3.63) is 24.3 Å². The van der Waals surface area contributed by atoms with Gasteiger partial charge >= 0.3 is 6.09 Å². The van der Waals surface area contributed by atoms with Crippen molar-refractivity contribution in [1.82, 2.24) is 5.32 Å². The van der Waals surface area contributed by atoms with Gasteiger partial charge < -0.3 is 10.1 Å². The molecule has 134 valence electrons. The predicted molar refractivity (Wildman–Crippen MR) is 94.2 cm³/mol. The first-order chi connectivity index (χ1) is 11.4. The number of amides is 1. The number of ether oxygens (including phenoxy) is 1. The van der Waals surface area contributed by atoms with Crippen LogP contribution in [-0.4, -0.2) is 46.5 Å². The molecule has 1 fully saturated rings. The number of benzene rings is 1. The summed E-state index contributed by atoms with van der Waals surface area (Å²) in [5, 5.41) is 3.32. The first-order valence-electron chi connectivity index (χ1n) is 8.41. The molecule has 7 heteroatoms. The van der Waals surface area contributed by atoms with Gasteiger partial charge in [0.15, 0.2) is 9.84 Å². The second-order valence-electron chi connectivity index (χ2n) is 6.15. The van der Waals surface area contributed by atoms with Crippen LogP contribution in [-0.2, 0) is 14.6 Å². The zero-order chi connectivity index (χ0) is 17.6. The number of anilines is 1. The maximum absolute atomic E-state index is 12.0. The number of cyclic esters (lactones) is 1. The van der Waals surface area contributed by atoms with E-state index in [1.807, 2.05) is 0 Å². The van der Waals surface area contributed by atoms with E-state index >= 15 is 0 Å². The molecule has 1 aromatic carbocycles. The first-order valence-corrected chi connectivity index (χ1v) is 10.3. The largest absolute Gasteiger partial charge is 0.443 e. The molecule has 1 amide bonds. The second kappa shape index (κ2) is 8.48. The summed E-state index contributed by atoms with van der Waals surface area (Å²) in [7, 11) is -3.23. The van der Waals surface area contributed by atoms with E-state index in [-0.39, 0.29) is 17.1 Å². The Morgan fingerprint density at radius 2 is 1.92 bits per heavy atom. The lowest BCUT2D eigenvalue weighted by Gasteiger charge is -2.13. The average molecular weight is 354 g/mol. The Bertz CT molecular complexity index is 643. The van der Waals surface area contributed by atoms with Crippen LogP contribution >= 0.6 is 0 Å². The lowest BCUT2D eigenvalue weighted by atomic mass is 10.2. The molecule has 0 saturated carbocycles. The molecule has 1 saturated heterocycles. The van der Waals surface area contributed by atoms with Crippen LogP contribution in [0.25, 0.3) is 0 Å². The standard InChI is InChI=1S/C17H26N2O4S/c1-3-4-5-6-11-18-12-15-13-19(17(20)23-15)14-7-9-16(10-8-14)24(2,21)22/h7-10,15,18H,3-6,11-13H2,1-2H3. The Balaban J connectivity index is 1.84. The molecule has 0 spiro atoms. The Morgan fingerprint density at radius 3 is 2.54 bits per heavy atom. The van der Waals surface area contributed by atoms with Gasteiger partial charge in [-0.15, -0.1) is 0 Å². The van der Waals surface area contributed by atoms with Gasteiger partial charge in [-0.2, -0.15) is 0 Å². The van der Waals surface area contributed by atoms with Crippen molar-refractivity contribution in [3.8, 4) is 0 Å². The monoisotopic (exact) mass is 354 g/mol. The molecule has 0 radical (unpaired) electrons. The molecular weight excluding hydrogens is 328 g/mol. The summed E-state index contributed by atoms with van der Waals surface area (Å²) in [5.74, 6) is 0. The van der Waals surface area contributed by atoms with Gasteiger partial charge in [0.25, 0.3) is 0 Å². The SMILES string of the molecule is CCCCCCNCC1CN(c2ccc(S(C)(=O)=O)cc2)C(=O)O1. The van der Waals surface area contributed by atoms with E-state index in [0.29, 0.717) is 18.8 Å². The van der Waals surface area contributed by atoms with Crippen molar-refractivity contribution in [3.63, 3.8) is 0 Å². The van der Waals surface area contributed by atoms with Crippen LogP contribution < -0.4 is 10.2 Å². The Hall–Kier alpha value is -1.60. The third kappa shape index (κ3) is 5.21. The molecule has 24 heavy (non-hydrogen) atoms. The fourth-order valence-corrected chi connectivity index (χ4v) is 3.28. The van der Waals surface area contributed by atoms with Gasteiger partial charge in [-0.25, -0.2) is 13.2 Å². The van der Waals surface area contributed by atoms with Crippen LogP contribution in [0.3, 0.4) is 0 Å². The van der Waals surface area contributed by atoms with E-state index in [1.54, 1.807) is 12.1 Å². The Morgan fingerprint density at radius 1 is 1.21 bits per heavy atom. The maximum Gasteiger partial charge on any atom is 0.414 e. The lowest BCUT2D eigenvalue weighted by molar-refractivity contribution is 0.140. The van der Waals surface area contributed by atoms with E-state index < -0.39 is 9.84 Å². The number of sulfone groups is 1. The van der Waals surface area contributed by atoms with Gasteiger partial charge in [-0.1, -0.05) is 26.2 Å². The summed E-state index contributed by atoms with van der Waals surface area (Å²) >= 11 is 0. The molecule has 0 aromatic heterocycles. The van der Waals surface area contributed by atoms with E-state index in [0.717, 1.165) is 19.2 Å². The molecule has 6 nitrogen and oxygen atoms in total. The molecule has 1 aliphatic heterocycles. The number of hydrogen-bond acceptors (Lipinski definition) is 5. The summed E-state index contributed by atoms with van der Waals surface area (Å²) < 4.78 is 28.3. The number of hydrogen-bond donors (Lipinski definition) is 1. The van der Waals surface area contributed by atoms with Crippen LogP contribution in [0.1, 0.15) is 32.6 Å². The molecule has 1 aromatic rings. The Kier molecular flexibility index (Phi) is 6.62. The summed E-state index contributed by atoms with van der Waals surface area (Å²) in [6.07, 6.45) is 5.40. The van der Waals surface area contributed by atoms with Gasteiger partial charge in [-0.3, -0.25) is 4.90 Å². The number of nitrogens with zero attached hydrogens (tertiary/aromatic N) is 1. The quantitative estimate of drug-likeness (QED) is 0.690. The number of unbranched alkanes of at least 4 members (excludes halogenated alkanes) is 3. The first kappa shape index (κ1) is 18.7. The van der Waals surface area contributed by atoms with Crippen molar-refractivity contribution in [2.24, 2.45) is 0 Å². The third-order valence-corrected chi connectivity index (χ3v) is 5.16. The molecule has 0 bridgehead atoms. The molecule has 1 atom stereocenters. The van der Waals surface area contributed by atoms with E-state index in [9.17, 15) is 13.2 Å². The molecule has 1 heterocycles. The number of nitrogens with one attached hydrogen (secondary N) is 1. The summed E-state index contributed by atoms with van der Waals surface area (Å²) in [6.45, 7) is 4.22. The minimum Gasteiger partial charge on any atom is -0.443 e. The third-order valence-electron chi connectivity index (χ3n) is 4.03. The average Bonchev–Trinajstić information content (AvgIpc) is 2.91. The Labute approximate surface area is 144 Å². The van der Waals surface area contributed by atoms with Gasteiger partial charge in [0.05, 0.1) is 11.4 Å². The number of rotatable bonds is 9. The topological polar surface area (TPSA) is 75.7 Å². The fourth-order valence-electron chi connectivity index (χ4n) is 2.65. The summed E-state index contributed by atoms with van der Waals surface area (Å²) in [6, 6.07) is 6.30. The lowest BCUT2D eigenvalue weighted by Crippen LogP contribution is -2.31. The molecule has 1 unspecified atom stereocenters. The van der Waals surface area contributed by atoms with Crippen LogP contribution in [0.15, 0.2) is 29.2 Å². The van der Waals surface area contributed by atoms with Gasteiger partial charge in [0.2, 0.25) is 0 Å². The van der Waals surface area contributed by atoms with Gasteiger partial charge in [-0.05, 0) is 37.2 Å². The van der Waals surface area contributed by atoms with E-state index in [4.69, 9.17) is 4.74 Å². The maximum atomic E-state index is 12.0. The molecule has 1 aliphatic rings. The van der Waals surface area contributed by atoms with Gasteiger partial charge in [0, 0.05) is 18.5 Å². The fraction of sp³-hybridized carbons (Fsp3) is 0.588. The smallest absolute Gasteiger partial charge is 0.414 e. The van der Waals surface area contributed by atoms with Crippen LogP contribution in [0, 0.1) is 0 Å². The van der Waals surface area contributed by atoms with E-state index in [1.165, 1.54) is 36.3 Å². The van der Waals surface area contributed by atoms with Crippen LogP contribution in [0.5, 0.6) is 0 Å². The second-order valence-corrected chi connectivity index (χ2v) is 8.16. The summed E-state index contributed by atoms with van der Waals surface area (Å²) in [5.41, 5.74) is 0.651. The number of carbonyl (C=O) groups is 1. The highest BCUT2D eigenvalue weighted by molar-refractivity contribution is 7.90. The van der Waals surface area contributed by atoms with Crippen molar-refractivity contribution >= 4 is 21.6 Å². The minimum atomic E-state index is -3.23. The normalized spacial score (nSPS) is 18.0.